The van der Waals surface area contributed by atoms with Crippen LogP contribution in [-0.4, -0.2) is 19.6 Å². The Labute approximate surface area is 129 Å². The zero-order valence-corrected chi connectivity index (χ0v) is 12.5. The Kier molecular flexibility index (Phi) is 3.65. The van der Waals surface area contributed by atoms with Crippen LogP contribution >= 0.6 is 23.2 Å². The van der Waals surface area contributed by atoms with E-state index in [1.807, 2.05) is 6.92 Å². The predicted octanol–water partition coefficient (Wildman–Crippen LogP) is 3.49. The molecule has 8 heteroatoms. The predicted molar refractivity (Wildman–Crippen MR) is 79.3 cm³/mol. The van der Waals surface area contributed by atoms with Crippen molar-refractivity contribution in [2.75, 3.05) is 5.32 Å². The Hall–Kier alpha value is -1.92. The molecule has 0 aliphatic rings. The summed E-state index contributed by atoms with van der Waals surface area (Å²) in [6, 6.07) is 4.56. The third-order valence-corrected chi connectivity index (χ3v) is 3.71. The highest BCUT2D eigenvalue weighted by molar-refractivity contribution is 6.31. The molecular weight excluding hydrogens is 316 g/mol. The van der Waals surface area contributed by atoms with Gasteiger partial charge in [0.1, 0.15) is 23.1 Å². The van der Waals surface area contributed by atoms with Crippen LogP contribution in [0.25, 0.3) is 5.78 Å². The monoisotopic (exact) mass is 325 g/mol. The number of aromatic nitrogens is 4. The van der Waals surface area contributed by atoms with E-state index in [1.165, 1.54) is 12.4 Å². The minimum absolute atomic E-state index is 0.0877. The lowest BCUT2D eigenvalue weighted by Gasteiger charge is -2.12. The summed E-state index contributed by atoms with van der Waals surface area (Å²) in [5.41, 5.74) is 1.59. The molecule has 108 valence electrons. The van der Waals surface area contributed by atoms with Crippen molar-refractivity contribution in [3.05, 3.63) is 51.6 Å². The molecule has 5 nitrogen and oxygen atoms in total. The van der Waals surface area contributed by atoms with Crippen LogP contribution in [0.1, 0.15) is 11.1 Å². The summed E-state index contributed by atoms with van der Waals surface area (Å²) in [6.07, 6.45) is 1.40. The maximum Gasteiger partial charge on any atom is 0.255 e. The molecule has 3 rings (SSSR count). The Bertz CT molecular complexity index is 818. The van der Waals surface area contributed by atoms with E-state index in [0.29, 0.717) is 23.3 Å². The van der Waals surface area contributed by atoms with Crippen molar-refractivity contribution in [3.8, 4) is 0 Å². The second kappa shape index (κ2) is 5.46. The second-order valence-electron chi connectivity index (χ2n) is 4.45. The number of nitrogens with zero attached hydrogens (tertiary/aromatic N) is 4. The van der Waals surface area contributed by atoms with Gasteiger partial charge in [-0.3, -0.25) is 0 Å². The zero-order chi connectivity index (χ0) is 15.0. The molecule has 2 aromatic heterocycles. The number of hydrogen-bond acceptors (Lipinski definition) is 4. The number of nitrogens with one attached hydrogen (secondary N) is 1. The van der Waals surface area contributed by atoms with Gasteiger partial charge in [0.25, 0.3) is 5.78 Å². The molecule has 0 saturated heterocycles. The number of fused-ring (bicyclic) bond motifs is 1. The average molecular weight is 326 g/mol. The lowest BCUT2D eigenvalue weighted by Crippen LogP contribution is -2.09. The lowest BCUT2D eigenvalue weighted by atomic mass is 10.2. The highest BCUT2D eigenvalue weighted by atomic mass is 35.5. The van der Waals surface area contributed by atoms with Crippen molar-refractivity contribution in [1.82, 2.24) is 19.6 Å². The first kappa shape index (κ1) is 14.0. The number of halogens is 3. The molecule has 3 aromatic rings. The second-order valence-corrected chi connectivity index (χ2v) is 5.22. The first-order chi connectivity index (χ1) is 10.1. The summed E-state index contributed by atoms with van der Waals surface area (Å²) in [4.78, 5) is 8.13. The summed E-state index contributed by atoms with van der Waals surface area (Å²) < 4.78 is 14.7. The highest BCUT2D eigenvalue weighted by Gasteiger charge is 2.12. The SMILES string of the molecule is Cc1c(Cl)nc2ncnn2c1NCc1ccc(F)c(Cl)c1. The van der Waals surface area contributed by atoms with Gasteiger partial charge < -0.3 is 5.32 Å². The summed E-state index contributed by atoms with van der Waals surface area (Å²) >= 11 is 11.8. The molecule has 0 fully saturated rings. The van der Waals surface area contributed by atoms with E-state index >= 15 is 0 Å². The molecule has 0 atom stereocenters. The van der Waals surface area contributed by atoms with Gasteiger partial charge in [-0.15, -0.1) is 0 Å². The molecule has 2 heterocycles. The first-order valence-corrected chi connectivity index (χ1v) is 6.85. The van der Waals surface area contributed by atoms with Crippen molar-refractivity contribution in [1.29, 1.82) is 0 Å². The molecule has 0 bridgehead atoms. The fraction of sp³-hybridized carbons (Fsp3) is 0.154. The summed E-state index contributed by atoms with van der Waals surface area (Å²) in [5, 5.41) is 7.75. The normalized spacial score (nSPS) is 11.0. The molecular formula is C13H10Cl2FN5. The van der Waals surface area contributed by atoms with Gasteiger partial charge in [0, 0.05) is 12.1 Å². The number of anilines is 1. The van der Waals surface area contributed by atoms with Gasteiger partial charge in [0.2, 0.25) is 0 Å². The van der Waals surface area contributed by atoms with E-state index in [2.05, 4.69) is 20.4 Å². The maximum atomic E-state index is 13.1. The molecule has 0 unspecified atom stereocenters. The number of rotatable bonds is 3. The standard InChI is InChI=1S/C13H10Cl2FN5/c1-7-11(15)20-13-18-6-19-21(13)12(7)17-5-8-2-3-10(16)9(14)4-8/h2-4,6,17H,5H2,1H3. The molecule has 0 aliphatic heterocycles. The summed E-state index contributed by atoms with van der Waals surface area (Å²) in [7, 11) is 0. The minimum atomic E-state index is -0.442. The Balaban J connectivity index is 1.92. The smallest absolute Gasteiger partial charge is 0.255 e. The third kappa shape index (κ3) is 2.64. The van der Waals surface area contributed by atoms with E-state index in [-0.39, 0.29) is 5.02 Å². The molecule has 1 aromatic carbocycles. The molecule has 0 aliphatic carbocycles. The number of hydrogen-bond donors (Lipinski definition) is 1. The van der Waals surface area contributed by atoms with Gasteiger partial charge in [-0.1, -0.05) is 29.3 Å². The van der Waals surface area contributed by atoms with Crippen LogP contribution in [0.4, 0.5) is 10.2 Å². The van der Waals surface area contributed by atoms with Crippen LogP contribution in [0, 0.1) is 12.7 Å². The van der Waals surface area contributed by atoms with Crippen molar-refractivity contribution in [2.24, 2.45) is 0 Å². The molecule has 0 spiro atoms. The van der Waals surface area contributed by atoms with Crippen LogP contribution in [0.15, 0.2) is 24.5 Å². The van der Waals surface area contributed by atoms with Gasteiger partial charge in [-0.05, 0) is 24.6 Å². The topological polar surface area (TPSA) is 55.1 Å². The Morgan fingerprint density at radius 1 is 1.33 bits per heavy atom. The van der Waals surface area contributed by atoms with Crippen molar-refractivity contribution < 1.29 is 4.39 Å². The average Bonchev–Trinajstić information content (AvgIpc) is 2.91. The molecule has 0 saturated carbocycles. The van der Waals surface area contributed by atoms with Gasteiger partial charge in [0.05, 0.1) is 5.02 Å². The molecule has 0 radical (unpaired) electrons. The van der Waals surface area contributed by atoms with Crippen molar-refractivity contribution in [3.63, 3.8) is 0 Å². The number of benzene rings is 1. The Morgan fingerprint density at radius 2 is 2.14 bits per heavy atom. The fourth-order valence-electron chi connectivity index (χ4n) is 1.94. The van der Waals surface area contributed by atoms with Crippen molar-refractivity contribution >= 4 is 34.8 Å². The lowest BCUT2D eigenvalue weighted by molar-refractivity contribution is 0.627. The Morgan fingerprint density at radius 3 is 2.90 bits per heavy atom. The van der Waals surface area contributed by atoms with E-state index in [0.717, 1.165) is 11.1 Å². The fourth-order valence-corrected chi connectivity index (χ4v) is 2.31. The molecule has 1 N–H and O–H groups in total. The van der Waals surface area contributed by atoms with E-state index in [1.54, 1.807) is 16.6 Å². The van der Waals surface area contributed by atoms with Crippen LogP contribution in [0.5, 0.6) is 0 Å². The van der Waals surface area contributed by atoms with Crippen LogP contribution in [-0.2, 0) is 6.54 Å². The largest absolute Gasteiger partial charge is 0.366 e. The van der Waals surface area contributed by atoms with Gasteiger partial charge in [-0.2, -0.15) is 19.6 Å². The quantitative estimate of drug-likeness (QED) is 0.749. The van der Waals surface area contributed by atoms with Crippen molar-refractivity contribution in [2.45, 2.75) is 13.5 Å². The first-order valence-electron chi connectivity index (χ1n) is 6.10. The van der Waals surface area contributed by atoms with Crippen LogP contribution in [0.3, 0.4) is 0 Å². The highest BCUT2D eigenvalue weighted by Crippen LogP contribution is 2.23. The van der Waals surface area contributed by atoms with E-state index < -0.39 is 5.82 Å². The van der Waals surface area contributed by atoms with Crippen LogP contribution in [0.2, 0.25) is 10.2 Å². The summed E-state index contributed by atoms with van der Waals surface area (Å²) in [5.74, 6) is 0.649. The third-order valence-electron chi connectivity index (χ3n) is 3.05. The van der Waals surface area contributed by atoms with E-state index in [9.17, 15) is 4.39 Å². The van der Waals surface area contributed by atoms with Gasteiger partial charge >= 0.3 is 0 Å². The minimum Gasteiger partial charge on any atom is -0.366 e. The zero-order valence-electron chi connectivity index (χ0n) is 10.9. The van der Waals surface area contributed by atoms with Gasteiger partial charge in [-0.25, -0.2) is 4.39 Å². The molecule has 0 amide bonds. The molecule has 21 heavy (non-hydrogen) atoms. The maximum absolute atomic E-state index is 13.1. The summed E-state index contributed by atoms with van der Waals surface area (Å²) in [6.45, 7) is 2.27. The van der Waals surface area contributed by atoms with E-state index in [4.69, 9.17) is 23.2 Å². The van der Waals surface area contributed by atoms with Gasteiger partial charge in [0.15, 0.2) is 0 Å². The van der Waals surface area contributed by atoms with Crippen LogP contribution < -0.4 is 5.32 Å².